The largest absolute Gasteiger partial charge is 0.488 e. The van der Waals surface area contributed by atoms with Crippen LogP contribution in [-0.4, -0.2) is 74.2 Å². The second-order valence-electron chi connectivity index (χ2n) is 10.4. The van der Waals surface area contributed by atoms with Crippen LogP contribution in [-0.2, 0) is 54.0 Å². The molecule has 11 nitrogen and oxygen atoms in total. The molecular weight excluding hydrogens is 628 g/mol. The Morgan fingerprint density at radius 1 is 0.837 bits per heavy atom. The minimum absolute atomic E-state index is 0.0539. The SMILES string of the molecule is CC(=O)OC[C@H]1O[C@@H](c2ccc(Br)c(Cc3ccc(O[C@H]4CCOC4)cc3)c2)[C@H](OC(C)=O)[C@@H](OC(C)=O)[C@@H]1OC(C)=O. The van der Waals surface area contributed by atoms with Crippen molar-refractivity contribution >= 4 is 39.8 Å². The fourth-order valence-electron chi connectivity index (χ4n) is 5.11. The third-order valence-electron chi connectivity index (χ3n) is 6.90. The molecule has 232 valence electrons. The van der Waals surface area contributed by atoms with E-state index < -0.39 is 54.4 Å². The van der Waals surface area contributed by atoms with Gasteiger partial charge in [-0.05, 0) is 41.3 Å². The van der Waals surface area contributed by atoms with Gasteiger partial charge in [0, 0.05) is 38.6 Å². The quantitative estimate of drug-likeness (QED) is 0.270. The van der Waals surface area contributed by atoms with Gasteiger partial charge in [0.1, 0.15) is 30.7 Å². The lowest BCUT2D eigenvalue weighted by molar-refractivity contribution is -0.254. The highest BCUT2D eigenvalue weighted by Crippen LogP contribution is 2.39. The number of hydrogen-bond donors (Lipinski definition) is 0. The van der Waals surface area contributed by atoms with Crippen LogP contribution in [0.3, 0.4) is 0 Å². The van der Waals surface area contributed by atoms with E-state index in [1.54, 1.807) is 6.07 Å². The Hall–Kier alpha value is -3.48. The molecule has 2 aliphatic rings. The zero-order chi connectivity index (χ0) is 31.1. The van der Waals surface area contributed by atoms with Crippen LogP contribution in [0.5, 0.6) is 5.75 Å². The maximum absolute atomic E-state index is 12.2. The van der Waals surface area contributed by atoms with Crippen LogP contribution in [0.4, 0.5) is 0 Å². The Kier molecular flexibility index (Phi) is 11.2. The van der Waals surface area contributed by atoms with Crippen molar-refractivity contribution in [3.63, 3.8) is 0 Å². The second kappa shape index (κ2) is 14.8. The van der Waals surface area contributed by atoms with E-state index in [4.69, 9.17) is 33.2 Å². The van der Waals surface area contributed by atoms with E-state index in [1.807, 2.05) is 36.4 Å². The first-order valence-corrected chi connectivity index (χ1v) is 14.7. The molecule has 6 atom stereocenters. The van der Waals surface area contributed by atoms with Crippen LogP contribution < -0.4 is 4.74 Å². The summed E-state index contributed by atoms with van der Waals surface area (Å²) in [6, 6.07) is 13.3. The van der Waals surface area contributed by atoms with Gasteiger partial charge in [-0.1, -0.05) is 40.2 Å². The average Bonchev–Trinajstić information content (AvgIpc) is 3.44. The number of ether oxygens (including phenoxy) is 7. The summed E-state index contributed by atoms with van der Waals surface area (Å²) in [5.74, 6) is -1.83. The molecule has 12 heteroatoms. The van der Waals surface area contributed by atoms with Gasteiger partial charge in [-0.2, -0.15) is 0 Å². The highest BCUT2D eigenvalue weighted by atomic mass is 79.9. The Morgan fingerprint density at radius 2 is 1.49 bits per heavy atom. The number of benzene rings is 2. The topological polar surface area (TPSA) is 133 Å². The van der Waals surface area contributed by atoms with Crippen LogP contribution >= 0.6 is 15.9 Å². The van der Waals surface area contributed by atoms with Crippen molar-refractivity contribution in [3.8, 4) is 5.75 Å². The first-order valence-electron chi connectivity index (χ1n) is 13.9. The summed E-state index contributed by atoms with van der Waals surface area (Å²) in [6.45, 7) is 5.82. The first-order chi connectivity index (χ1) is 20.5. The summed E-state index contributed by atoms with van der Waals surface area (Å²) in [7, 11) is 0. The van der Waals surface area contributed by atoms with Crippen molar-refractivity contribution in [2.24, 2.45) is 0 Å². The Balaban J connectivity index is 1.65. The summed E-state index contributed by atoms with van der Waals surface area (Å²) >= 11 is 3.63. The minimum atomic E-state index is -1.24. The van der Waals surface area contributed by atoms with Crippen molar-refractivity contribution in [2.45, 2.75) is 77.2 Å². The smallest absolute Gasteiger partial charge is 0.303 e. The molecule has 2 aromatic carbocycles. The summed E-state index contributed by atoms with van der Waals surface area (Å²) in [4.78, 5) is 48.0. The number of halogens is 1. The number of hydrogen-bond acceptors (Lipinski definition) is 11. The molecule has 2 fully saturated rings. The molecule has 2 aliphatic heterocycles. The van der Waals surface area contributed by atoms with Gasteiger partial charge < -0.3 is 33.2 Å². The highest BCUT2D eigenvalue weighted by molar-refractivity contribution is 9.10. The summed E-state index contributed by atoms with van der Waals surface area (Å²) in [5, 5.41) is 0. The van der Waals surface area contributed by atoms with E-state index in [0.29, 0.717) is 25.2 Å². The number of carbonyl (C=O) groups excluding carboxylic acids is 4. The number of esters is 4. The molecular formula is C31H35BrO11. The average molecular weight is 664 g/mol. The van der Waals surface area contributed by atoms with Gasteiger partial charge in [0.2, 0.25) is 0 Å². The molecule has 0 radical (unpaired) electrons. The first kappa shape index (κ1) is 32.4. The monoisotopic (exact) mass is 662 g/mol. The molecule has 0 unspecified atom stereocenters. The predicted octanol–water partition coefficient (Wildman–Crippen LogP) is 4.01. The van der Waals surface area contributed by atoms with Gasteiger partial charge in [0.15, 0.2) is 18.3 Å². The van der Waals surface area contributed by atoms with E-state index in [2.05, 4.69) is 15.9 Å². The number of rotatable bonds is 10. The van der Waals surface area contributed by atoms with Crippen LogP contribution in [0.25, 0.3) is 0 Å². The molecule has 0 aromatic heterocycles. The molecule has 4 rings (SSSR count). The normalized spacial score (nSPS) is 25.0. The molecule has 2 aromatic rings. The lowest BCUT2D eigenvalue weighted by Gasteiger charge is -2.44. The fourth-order valence-corrected chi connectivity index (χ4v) is 5.49. The third kappa shape index (κ3) is 9.01. The van der Waals surface area contributed by atoms with Crippen molar-refractivity contribution in [3.05, 3.63) is 63.6 Å². The number of carbonyl (C=O) groups is 4. The standard InChI is InChI=1S/C31H35BrO11/c1-17(33)38-16-27-29(39-18(2)34)31(41-20(4)36)30(40-19(3)35)28(43-27)22-7-10-26(32)23(14-22)13-21-5-8-24(9-6-21)42-25-11-12-37-15-25/h5-10,14,25,27-31H,11-13,15-16H2,1-4H3/t25-,27+,28-,29+,30-,31-/m0/s1. The molecule has 0 saturated carbocycles. The van der Waals surface area contributed by atoms with Crippen LogP contribution in [0, 0.1) is 0 Å². The van der Waals surface area contributed by atoms with Gasteiger partial charge >= 0.3 is 23.9 Å². The Labute approximate surface area is 258 Å². The summed E-state index contributed by atoms with van der Waals surface area (Å²) in [5.41, 5.74) is 2.54. The Morgan fingerprint density at radius 3 is 2.09 bits per heavy atom. The van der Waals surface area contributed by atoms with Crippen LogP contribution in [0.1, 0.15) is 56.9 Å². The minimum Gasteiger partial charge on any atom is -0.488 e. The van der Waals surface area contributed by atoms with Gasteiger partial charge in [-0.25, -0.2) is 0 Å². The van der Waals surface area contributed by atoms with Gasteiger partial charge in [-0.15, -0.1) is 0 Å². The van der Waals surface area contributed by atoms with E-state index in [9.17, 15) is 19.2 Å². The van der Waals surface area contributed by atoms with Gasteiger partial charge in [0.25, 0.3) is 0 Å². The van der Waals surface area contributed by atoms with E-state index >= 15 is 0 Å². The fraction of sp³-hybridized carbons (Fsp3) is 0.484. The molecule has 43 heavy (non-hydrogen) atoms. The molecule has 0 N–H and O–H groups in total. The predicted molar refractivity (Wildman–Crippen MR) is 154 cm³/mol. The zero-order valence-corrected chi connectivity index (χ0v) is 26.0. The van der Waals surface area contributed by atoms with Crippen molar-refractivity contribution in [1.29, 1.82) is 0 Å². The molecule has 0 spiro atoms. The highest BCUT2D eigenvalue weighted by Gasteiger charge is 2.52. The van der Waals surface area contributed by atoms with E-state index in [-0.39, 0.29) is 12.7 Å². The summed E-state index contributed by atoms with van der Waals surface area (Å²) < 4.78 is 40.4. The van der Waals surface area contributed by atoms with E-state index in [1.165, 1.54) is 27.7 Å². The Bertz CT molecular complexity index is 1310. The van der Waals surface area contributed by atoms with Crippen molar-refractivity contribution in [1.82, 2.24) is 0 Å². The lowest BCUT2D eigenvalue weighted by atomic mass is 9.89. The maximum atomic E-state index is 12.2. The van der Waals surface area contributed by atoms with Crippen molar-refractivity contribution in [2.75, 3.05) is 19.8 Å². The molecule has 0 amide bonds. The second-order valence-corrected chi connectivity index (χ2v) is 11.2. The molecule has 2 heterocycles. The van der Waals surface area contributed by atoms with E-state index in [0.717, 1.165) is 27.8 Å². The lowest BCUT2D eigenvalue weighted by Crippen LogP contribution is -2.59. The molecule has 0 bridgehead atoms. The third-order valence-corrected chi connectivity index (χ3v) is 7.67. The van der Waals surface area contributed by atoms with Gasteiger partial charge in [0.05, 0.1) is 13.2 Å². The van der Waals surface area contributed by atoms with Crippen LogP contribution in [0.15, 0.2) is 46.9 Å². The summed E-state index contributed by atoms with van der Waals surface area (Å²) in [6.07, 6.45) is -4.16. The van der Waals surface area contributed by atoms with Crippen molar-refractivity contribution < 1.29 is 52.3 Å². The molecule has 0 aliphatic carbocycles. The zero-order valence-electron chi connectivity index (χ0n) is 24.4. The van der Waals surface area contributed by atoms with Crippen LogP contribution in [0.2, 0.25) is 0 Å². The van der Waals surface area contributed by atoms with Gasteiger partial charge in [-0.3, -0.25) is 19.2 Å². The molecule has 2 saturated heterocycles. The maximum Gasteiger partial charge on any atom is 0.303 e.